The minimum Gasteiger partial charge on any atom is -0.369 e. The smallest absolute Gasteiger partial charge is 0.225 e. The Hall–Kier alpha value is -1.88. The summed E-state index contributed by atoms with van der Waals surface area (Å²) in [6, 6.07) is 4.49. The van der Waals surface area contributed by atoms with E-state index in [9.17, 15) is 9.18 Å². The van der Waals surface area contributed by atoms with E-state index in [2.05, 4.69) is 4.98 Å². The van der Waals surface area contributed by atoms with Crippen LogP contribution in [0.2, 0.25) is 0 Å². The van der Waals surface area contributed by atoms with Crippen molar-refractivity contribution in [3.63, 3.8) is 0 Å². The van der Waals surface area contributed by atoms with Crippen LogP contribution in [-0.2, 0) is 4.79 Å². The number of aromatic amines is 1. The van der Waals surface area contributed by atoms with Crippen molar-refractivity contribution >= 4 is 16.8 Å². The van der Waals surface area contributed by atoms with E-state index in [1.165, 1.54) is 12.1 Å². The molecule has 3 N–H and O–H groups in total. The summed E-state index contributed by atoms with van der Waals surface area (Å²) in [5, 5.41) is 0.725. The maximum absolute atomic E-state index is 13.3. The number of amides is 1. The van der Waals surface area contributed by atoms with E-state index in [-0.39, 0.29) is 11.7 Å². The Morgan fingerprint density at radius 3 is 2.84 bits per heavy atom. The number of rotatable bonds is 5. The summed E-state index contributed by atoms with van der Waals surface area (Å²) in [5.74, 6) is -1.10. The third-order valence-electron chi connectivity index (χ3n) is 3.26. The number of H-pyrrole nitrogens is 1. The molecule has 0 saturated heterocycles. The van der Waals surface area contributed by atoms with E-state index in [1.54, 1.807) is 12.3 Å². The van der Waals surface area contributed by atoms with Gasteiger partial charge in [0.05, 0.1) is 5.92 Å². The van der Waals surface area contributed by atoms with Crippen LogP contribution in [0.3, 0.4) is 0 Å². The molecule has 1 atom stereocenters. The number of nitrogens with two attached hydrogens (primary N) is 1. The second-order valence-electron chi connectivity index (χ2n) is 4.98. The van der Waals surface area contributed by atoms with Crippen molar-refractivity contribution in [1.29, 1.82) is 0 Å². The van der Waals surface area contributed by atoms with Gasteiger partial charge in [-0.2, -0.15) is 0 Å². The van der Waals surface area contributed by atoms with Crippen LogP contribution < -0.4 is 5.73 Å². The first-order valence-corrected chi connectivity index (χ1v) is 6.19. The molecule has 1 amide bonds. The molecule has 0 spiro atoms. The summed E-state index contributed by atoms with van der Waals surface area (Å²) in [7, 11) is 3.87. The van der Waals surface area contributed by atoms with Crippen LogP contribution in [0.4, 0.5) is 4.39 Å². The maximum atomic E-state index is 13.3. The van der Waals surface area contributed by atoms with Gasteiger partial charge >= 0.3 is 0 Å². The molecule has 0 bridgehead atoms. The van der Waals surface area contributed by atoms with E-state index in [1.807, 2.05) is 19.0 Å². The molecule has 2 aromatic rings. The maximum Gasteiger partial charge on any atom is 0.225 e. The fourth-order valence-corrected chi connectivity index (χ4v) is 2.24. The monoisotopic (exact) mass is 263 g/mol. The quantitative estimate of drug-likeness (QED) is 0.864. The summed E-state index contributed by atoms with van der Waals surface area (Å²) in [6.07, 6.45) is 2.36. The topological polar surface area (TPSA) is 62.1 Å². The zero-order chi connectivity index (χ0) is 14.0. The largest absolute Gasteiger partial charge is 0.369 e. The van der Waals surface area contributed by atoms with Crippen molar-refractivity contribution in [3.05, 3.63) is 35.8 Å². The SMILES string of the molecule is CN(C)CCC(C(N)=O)c1c[nH]c2ccc(F)cc12. The van der Waals surface area contributed by atoms with Gasteiger partial charge in [-0.25, -0.2) is 4.39 Å². The second kappa shape index (κ2) is 5.40. The number of nitrogens with zero attached hydrogens (tertiary/aromatic N) is 1. The van der Waals surface area contributed by atoms with E-state index < -0.39 is 5.92 Å². The molecule has 102 valence electrons. The standard InChI is InChI=1S/C14H18FN3O/c1-18(2)6-5-10(14(16)19)12-8-17-13-4-3-9(15)7-11(12)13/h3-4,7-8,10,17H,5-6H2,1-2H3,(H2,16,19). The number of benzene rings is 1. The number of carbonyl (C=O) groups excluding carboxylic acids is 1. The van der Waals surface area contributed by atoms with E-state index in [0.717, 1.165) is 23.0 Å². The molecule has 4 nitrogen and oxygen atoms in total. The second-order valence-corrected chi connectivity index (χ2v) is 4.98. The zero-order valence-electron chi connectivity index (χ0n) is 11.1. The summed E-state index contributed by atoms with van der Waals surface area (Å²) >= 11 is 0. The lowest BCUT2D eigenvalue weighted by atomic mass is 9.94. The first-order valence-electron chi connectivity index (χ1n) is 6.19. The average molecular weight is 263 g/mol. The van der Waals surface area contributed by atoms with Gasteiger partial charge in [0, 0.05) is 17.1 Å². The predicted molar refractivity (Wildman–Crippen MR) is 73.4 cm³/mol. The lowest BCUT2D eigenvalue weighted by Gasteiger charge is -2.16. The minimum atomic E-state index is -0.405. The molecule has 2 rings (SSSR count). The van der Waals surface area contributed by atoms with Crippen LogP contribution in [-0.4, -0.2) is 36.4 Å². The number of aromatic nitrogens is 1. The molecular weight excluding hydrogens is 245 g/mol. The highest BCUT2D eigenvalue weighted by Gasteiger charge is 2.21. The zero-order valence-corrected chi connectivity index (χ0v) is 11.1. The normalized spacial score (nSPS) is 13.1. The van der Waals surface area contributed by atoms with Crippen molar-refractivity contribution in [1.82, 2.24) is 9.88 Å². The Balaban J connectivity index is 2.38. The summed E-state index contributed by atoms with van der Waals surface area (Å²) in [4.78, 5) is 16.7. The number of halogens is 1. The number of hydrogen-bond acceptors (Lipinski definition) is 2. The van der Waals surface area contributed by atoms with Gasteiger partial charge in [0.15, 0.2) is 0 Å². The third-order valence-corrected chi connectivity index (χ3v) is 3.26. The number of fused-ring (bicyclic) bond motifs is 1. The fourth-order valence-electron chi connectivity index (χ4n) is 2.24. The highest BCUT2D eigenvalue weighted by atomic mass is 19.1. The third kappa shape index (κ3) is 2.93. The Labute approximate surface area is 111 Å². The molecule has 0 saturated carbocycles. The van der Waals surface area contributed by atoms with Gasteiger partial charge in [0.1, 0.15) is 5.82 Å². The predicted octanol–water partition coefficient (Wildman–Crippen LogP) is 1.83. The number of carbonyl (C=O) groups is 1. The number of primary amides is 1. The van der Waals surface area contributed by atoms with E-state index >= 15 is 0 Å². The van der Waals surface area contributed by atoms with Crippen LogP contribution in [0.1, 0.15) is 17.9 Å². The molecule has 1 heterocycles. The Bertz CT molecular complexity index is 591. The van der Waals surface area contributed by atoms with Gasteiger partial charge in [0.25, 0.3) is 0 Å². The first kappa shape index (κ1) is 13.5. The van der Waals surface area contributed by atoms with Crippen molar-refractivity contribution in [3.8, 4) is 0 Å². The molecular formula is C14H18FN3O. The molecule has 0 fully saturated rings. The molecule has 0 aliphatic rings. The van der Waals surface area contributed by atoms with Crippen molar-refractivity contribution in [2.24, 2.45) is 5.73 Å². The molecule has 1 aromatic carbocycles. The van der Waals surface area contributed by atoms with Crippen molar-refractivity contribution in [2.45, 2.75) is 12.3 Å². The van der Waals surface area contributed by atoms with Crippen molar-refractivity contribution < 1.29 is 9.18 Å². The number of nitrogens with one attached hydrogen (secondary N) is 1. The average Bonchev–Trinajstić information content (AvgIpc) is 2.72. The fraction of sp³-hybridized carbons (Fsp3) is 0.357. The van der Waals surface area contributed by atoms with Crippen LogP contribution in [0.15, 0.2) is 24.4 Å². The molecule has 0 aliphatic heterocycles. The summed E-state index contributed by atoms with van der Waals surface area (Å²) < 4.78 is 13.3. The van der Waals surface area contributed by atoms with E-state index in [4.69, 9.17) is 5.73 Å². The highest BCUT2D eigenvalue weighted by molar-refractivity contribution is 5.91. The molecule has 1 unspecified atom stereocenters. The Morgan fingerprint density at radius 1 is 1.47 bits per heavy atom. The van der Waals surface area contributed by atoms with Gasteiger partial charge in [-0.15, -0.1) is 0 Å². The first-order chi connectivity index (χ1) is 8.99. The number of hydrogen-bond donors (Lipinski definition) is 2. The van der Waals surface area contributed by atoms with Gasteiger partial charge in [-0.3, -0.25) is 4.79 Å². The molecule has 5 heteroatoms. The van der Waals surface area contributed by atoms with Crippen LogP contribution in [0, 0.1) is 5.82 Å². The highest BCUT2D eigenvalue weighted by Crippen LogP contribution is 2.28. The molecule has 19 heavy (non-hydrogen) atoms. The minimum absolute atomic E-state index is 0.316. The van der Waals surface area contributed by atoms with Gasteiger partial charge < -0.3 is 15.6 Å². The lowest BCUT2D eigenvalue weighted by molar-refractivity contribution is -0.119. The Kier molecular flexibility index (Phi) is 3.85. The van der Waals surface area contributed by atoms with Crippen molar-refractivity contribution in [2.75, 3.05) is 20.6 Å². The summed E-state index contributed by atoms with van der Waals surface area (Å²) in [5.41, 5.74) is 7.06. The Morgan fingerprint density at radius 2 is 2.21 bits per heavy atom. The van der Waals surface area contributed by atoms with Gasteiger partial charge in [-0.1, -0.05) is 0 Å². The van der Waals surface area contributed by atoms with Crippen LogP contribution >= 0.6 is 0 Å². The molecule has 0 aliphatic carbocycles. The van der Waals surface area contributed by atoms with Gasteiger partial charge in [0.2, 0.25) is 5.91 Å². The van der Waals surface area contributed by atoms with E-state index in [0.29, 0.717) is 6.42 Å². The lowest BCUT2D eigenvalue weighted by Crippen LogP contribution is -2.25. The van der Waals surface area contributed by atoms with Crippen LogP contribution in [0.25, 0.3) is 10.9 Å². The van der Waals surface area contributed by atoms with Crippen LogP contribution in [0.5, 0.6) is 0 Å². The molecule has 1 aromatic heterocycles. The molecule has 0 radical (unpaired) electrons. The summed E-state index contributed by atoms with van der Waals surface area (Å²) in [6.45, 7) is 0.746. The van der Waals surface area contributed by atoms with Gasteiger partial charge in [-0.05, 0) is 50.8 Å².